The fourth-order valence-corrected chi connectivity index (χ4v) is 2.38. The summed E-state index contributed by atoms with van der Waals surface area (Å²) in [5.74, 6) is -0.0758. The largest absolute Gasteiger partial charge is 0.493 e. The summed E-state index contributed by atoms with van der Waals surface area (Å²) in [7, 11) is 1.26. The average Bonchev–Trinajstić information content (AvgIpc) is 3.03. The van der Waals surface area contributed by atoms with Gasteiger partial charge in [-0.3, -0.25) is 4.79 Å². The minimum atomic E-state index is -0.598. The molecule has 0 amide bonds. The second-order valence-corrected chi connectivity index (χ2v) is 4.84. The minimum Gasteiger partial charge on any atom is -0.493 e. The predicted molar refractivity (Wildman–Crippen MR) is 73.5 cm³/mol. The van der Waals surface area contributed by atoms with E-state index in [1.54, 1.807) is 0 Å². The highest BCUT2D eigenvalue weighted by atomic mass is 16.5. The van der Waals surface area contributed by atoms with E-state index >= 15 is 0 Å². The number of para-hydroxylation sites is 1. The Balaban J connectivity index is 1.77. The number of hydrogen-bond acceptors (Lipinski definition) is 5. The molecule has 1 unspecified atom stereocenters. The van der Waals surface area contributed by atoms with Crippen LogP contribution in [0.25, 0.3) is 0 Å². The van der Waals surface area contributed by atoms with E-state index in [4.69, 9.17) is 9.15 Å². The molecule has 5 heteroatoms. The number of Topliss-reactive ketones (excluding diaryl/α,β-unsaturated/α-hetero) is 1. The van der Waals surface area contributed by atoms with Crippen LogP contribution < -0.4 is 4.74 Å². The van der Waals surface area contributed by atoms with Crippen molar-refractivity contribution in [3.8, 4) is 5.75 Å². The van der Waals surface area contributed by atoms with Crippen molar-refractivity contribution in [2.75, 3.05) is 13.7 Å². The zero-order valence-corrected chi connectivity index (χ0v) is 11.5. The standard InChI is InChI=1S/C16H14O5/c1-19-16(18)14-7-6-13(21-14)15(17)11-8-10-4-2-3-5-12(10)20-9-11/h2-7,11H,8-9H2,1H3. The van der Waals surface area contributed by atoms with Gasteiger partial charge in [0.1, 0.15) is 5.75 Å². The number of benzene rings is 1. The van der Waals surface area contributed by atoms with E-state index in [2.05, 4.69) is 4.74 Å². The highest BCUT2D eigenvalue weighted by molar-refractivity contribution is 5.97. The molecule has 1 aromatic carbocycles. The molecule has 0 saturated carbocycles. The van der Waals surface area contributed by atoms with Gasteiger partial charge in [0.05, 0.1) is 19.6 Å². The Morgan fingerprint density at radius 2 is 1.90 bits per heavy atom. The smallest absolute Gasteiger partial charge is 0.373 e. The monoisotopic (exact) mass is 286 g/mol. The summed E-state index contributed by atoms with van der Waals surface area (Å²) in [4.78, 5) is 23.7. The summed E-state index contributed by atoms with van der Waals surface area (Å²) in [5, 5.41) is 0. The third kappa shape index (κ3) is 2.54. The second-order valence-electron chi connectivity index (χ2n) is 4.84. The number of methoxy groups -OCH3 is 1. The van der Waals surface area contributed by atoms with E-state index in [9.17, 15) is 9.59 Å². The Labute approximate surface area is 121 Å². The number of fused-ring (bicyclic) bond motifs is 1. The molecule has 0 bridgehead atoms. The van der Waals surface area contributed by atoms with Gasteiger partial charge >= 0.3 is 5.97 Å². The van der Waals surface area contributed by atoms with E-state index in [1.165, 1.54) is 19.2 Å². The lowest BCUT2D eigenvalue weighted by Crippen LogP contribution is -2.28. The molecule has 1 aliphatic rings. The van der Waals surface area contributed by atoms with Gasteiger partial charge in [-0.25, -0.2) is 4.79 Å². The summed E-state index contributed by atoms with van der Waals surface area (Å²) in [6, 6.07) is 10.6. The summed E-state index contributed by atoms with van der Waals surface area (Å²) < 4.78 is 15.4. The quantitative estimate of drug-likeness (QED) is 0.640. The number of carbonyl (C=O) groups is 2. The van der Waals surface area contributed by atoms with Gasteiger partial charge in [-0.05, 0) is 30.2 Å². The third-order valence-corrected chi connectivity index (χ3v) is 3.49. The highest BCUT2D eigenvalue weighted by Gasteiger charge is 2.29. The molecule has 0 saturated heterocycles. The lowest BCUT2D eigenvalue weighted by atomic mass is 9.92. The van der Waals surface area contributed by atoms with Crippen molar-refractivity contribution in [2.24, 2.45) is 5.92 Å². The van der Waals surface area contributed by atoms with Crippen LogP contribution in [0.2, 0.25) is 0 Å². The van der Waals surface area contributed by atoms with Crippen molar-refractivity contribution in [3.63, 3.8) is 0 Å². The molecule has 1 aliphatic heterocycles. The number of ketones is 1. The van der Waals surface area contributed by atoms with Crippen LogP contribution in [0.4, 0.5) is 0 Å². The predicted octanol–water partition coefficient (Wildman–Crippen LogP) is 2.50. The first-order valence-electron chi connectivity index (χ1n) is 6.62. The topological polar surface area (TPSA) is 65.7 Å². The van der Waals surface area contributed by atoms with Crippen LogP contribution in [-0.4, -0.2) is 25.5 Å². The molecule has 1 aromatic heterocycles. The molecule has 2 aromatic rings. The van der Waals surface area contributed by atoms with Crippen LogP contribution in [0.3, 0.4) is 0 Å². The first-order chi connectivity index (χ1) is 10.2. The van der Waals surface area contributed by atoms with Crippen LogP contribution in [0.15, 0.2) is 40.8 Å². The van der Waals surface area contributed by atoms with E-state index in [0.29, 0.717) is 13.0 Å². The van der Waals surface area contributed by atoms with Gasteiger partial charge in [-0.1, -0.05) is 18.2 Å². The first-order valence-corrected chi connectivity index (χ1v) is 6.62. The van der Waals surface area contributed by atoms with Crippen molar-refractivity contribution in [1.29, 1.82) is 0 Å². The molecule has 0 N–H and O–H groups in total. The molecule has 2 heterocycles. The molecule has 3 rings (SSSR count). The fraction of sp³-hybridized carbons (Fsp3) is 0.250. The molecule has 108 valence electrons. The van der Waals surface area contributed by atoms with Gasteiger partial charge in [-0.15, -0.1) is 0 Å². The van der Waals surface area contributed by atoms with Crippen molar-refractivity contribution < 1.29 is 23.5 Å². The maximum atomic E-state index is 12.4. The van der Waals surface area contributed by atoms with Gasteiger partial charge in [-0.2, -0.15) is 0 Å². The van der Waals surface area contributed by atoms with Crippen molar-refractivity contribution in [1.82, 2.24) is 0 Å². The Hall–Kier alpha value is -2.56. The second kappa shape index (κ2) is 5.44. The number of esters is 1. The first kappa shape index (κ1) is 13.4. The molecule has 0 fully saturated rings. The van der Waals surface area contributed by atoms with Crippen LogP contribution >= 0.6 is 0 Å². The molecule has 0 aliphatic carbocycles. The lowest BCUT2D eigenvalue weighted by molar-refractivity contribution is 0.0561. The zero-order chi connectivity index (χ0) is 14.8. The lowest BCUT2D eigenvalue weighted by Gasteiger charge is -2.23. The highest BCUT2D eigenvalue weighted by Crippen LogP contribution is 2.28. The Bertz CT molecular complexity index is 685. The van der Waals surface area contributed by atoms with Crippen LogP contribution in [-0.2, 0) is 11.2 Å². The number of carbonyl (C=O) groups excluding carboxylic acids is 2. The summed E-state index contributed by atoms with van der Waals surface area (Å²) >= 11 is 0. The van der Waals surface area contributed by atoms with Crippen molar-refractivity contribution in [3.05, 3.63) is 53.5 Å². The van der Waals surface area contributed by atoms with E-state index in [0.717, 1.165) is 11.3 Å². The summed E-state index contributed by atoms with van der Waals surface area (Å²) in [5.41, 5.74) is 1.00. The SMILES string of the molecule is COC(=O)c1ccc(C(=O)C2COc3ccccc3C2)o1. The van der Waals surface area contributed by atoms with Gasteiger partial charge in [0, 0.05) is 0 Å². The van der Waals surface area contributed by atoms with E-state index < -0.39 is 5.97 Å². The number of hydrogen-bond donors (Lipinski definition) is 0. The van der Waals surface area contributed by atoms with Gasteiger partial charge in [0.25, 0.3) is 0 Å². The molecule has 0 radical (unpaired) electrons. The Morgan fingerprint density at radius 1 is 1.14 bits per heavy atom. The number of furan rings is 1. The maximum absolute atomic E-state index is 12.4. The van der Waals surface area contributed by atoms with Gasteiger partial charge in [0.2, 0.25) is 11.5 Å². The average molecular weight is 286 g/mol. The summed E-state index contributed by atoms with van der Waals surface area (Å²) in [6.07, 6.45) is 0.600. The fourth-order valence-electron chi connectivity index (χ4n) is 2.38. The number of rotatable bonds is 3. The number of ether oxygens (including phenoxy) is 2. The van der Waals surface area contributed by atoms with Gasteiger partial charge in [0.15, 0.2) is 5.76 Å². The van der Waals surface area contributed by atoms with Crippen molar-refractivity contribution in [2.45, 2.75) is 6.42 Å². The molecular weight excluding hydrogens is 272 g/mol. The molecule has 21 heavy (non-hydrogen) atoms. The summed E-state index contributed by atoms with van der Waals surface area (Å²) in [6.45, 7) is 0.310. The maximum Gasteiger partial charge on any atom is 0.373 e. The van der Waals surface area contributed by atoms with Crippen molar-refractivity contribution >= 4 is 11.8 Å². The third-order valence-electron chi connectivity index (χ3n) is 3.49. The van der Waals surface area contributed by atoms with E-state index in [-0.39, 0.29) is 23.2 Å². The van der Waals surface area contributed by atoms with Gasteiger partial charge < -0.3 is 13.9 Å². The van der Waals surface area contributed by atoms with Crippen LogP contribution in [0, 0.1) is 5.92 Å². The molecule has 1 atom stereocenters. The van der Waals surface area contributed by atoms with Crippen LogP contribution in [0.1, 0.15) is 26.7 Å². The van der Waals surface area contributed by atoms with E-state index in [1.807, 2.05) is 24.3 Å². The normalized spacial score (nSPS) is 16.7. The Morgan fingerprint density at radius 3 is 2.71 bits per heavy atom. The molecule has 5 nitrogen and oxygen atoms in total. The zero-order valence-electron chi connectivity index (χ0n) is 11.5. The molecule has 0 spiro atoms. The Kier molecular flexibility index (Phi) is 3.48. The van der Waals surface area contributed by atoms with Crippen LogP contribution in [0.5, 0.6) is 5.75 Å². The molecular formula is C16H14O5. The minimum absolute atomic E-state index is 0.0259.